The van der Waals surface area contributed by atoms with Crippen LogP contribution in [0.1, 0.15) is 12.6 Å². The molecule has 1 N–H and O–H groups in total. The van der Waals surface area contributed by atoms with Crippen molar-refractivity contribution in [2.24, 2.45) is 0 Å². The third kappa shape index (κ3) is 3.52. The molecule has 5 nitrogen and oxygen atoms in total. The monoisotopic (exact) mass is 398 g/mol. The second kappa shape index (κ2) is 7.25. The molecule has 2 aromatic heterocycles. The van der Waals surface area contributed by atoms with Crippen LogP contribution in [0.15, 0.2) is 50.5 Å². The predicted octanol–water partition coefficient (Wildman–Crippen LogP) is 5.48. The van der Waals surface area contributed by atoms with Crippen LogP contribution in [0.25, 0.3) is 21.9 Å². The van der Waals surface area contributed by atoms with Crippen LogP contribution in [0.5, 0.6) is 5.75 Å². The molecule has 4 rings (SSSR count). The average Bonchev–Trinajstić information content (AvgIpc) is 3.23. The topological polar surface area (TPSA) is 64.4 Å². The summed E-state index contributed by atoms with van der Waals surface area (Å²) in [5.41, 5.74) is 3.08. The molecule has 0 saturated carbocycles. The van der Waals surface area contributed by atoms with E-state index in [2.05, 4.69) is 10.3 Å². The van der Waals surface area contributed by atoms with E-state index in [-0.39, 0.29) is 11.2 Å². The van der Waals surface area contributed by atoms with Crippen molar-refractivity contribution in [2.45, 2.75) is 23.4 Å². The number of aromatic nitrogens is 1. The van der Waals surface area contributed by atoms with E-state index in [0.29, 0.717) is 17.0 Å². The lowest BCUT2D eigenvalue weighted by atomic mass is 10.1. The van der Waals surface area contributed by atoms with E-state index in [1.54, 1.807) is 18.4 Å². The summed E-state index contributed by atoms with van der Waals surface area (Å²) in [7, 11) is 1.59. The van der Waals surface area contributed by atoms with Gasteiger partial charge < -0.3 is 14.5 Å². The van der Waals surface area contributed by atoms with E-state index in [4.69, 9.17) is 9.15 Å². The van der Waals surface area contributed by atoms with Crippen molar-refractivity contribution < 1.29 is 13.9 Å². The Hall–Kier alpha value is -2.51. The van der Waals surface area contributed by atoms with Gasteiger partial charge in [-0.15, -0.1) is 11.3 Å². The Morgan fingerprint density at radius 3 is 2.81 bits per heavy atom. The first-order valence-corrected chi connectivity index (χ1v) is 10.2. The number of carbonyl (C=O) groups excluding carboxylic acids is 1. The Labute approximate surface area is 164 Å². The highest BCUT2D eigenvalue weighted by molar-refractivity contribution is 8.02. The summed E-state index contributed by atoms with van der Waals surface area (Å²) < 4.78 is 12.3. The van der Waals surface area contributed by atoms with Gasteiger partial charge in [0.2, 0.25) is 5.91 Å². The average molecular weight is 399 g/mol. The molecule has 0 fully saturated rings. The van der Waals surface area contributed by atoms with Crippen molar-refractivity contribution in [1.29, 1.82) is 0 Å². The molecule has 0 aliphatic carbocycles. The van der Waals surface area contributed by atoms with E-state index in [1.807, 2.05) is 55.6 Å². The largest absolute Gasteiger partial charge is 0.495 e. The van der Waals surface area contributed by atoms with E-state index in [1.165, 1.54) is 11.8 Å². The minimum atomic E-state index is -0.286. The summed E-state index contributed by atoms with van der Waals surface area (Å²) in [5, 5.41) is 6.63. The molecule has 27 heavy (non-hydrogen) atoms. The van der Waals surface area contributed by atoms with Crippen LogP contribution in [-0.4, -0.2) is 23.3 Å². The van der Waals surface area contributed by atoms with Crippen LogP contribution < -0.4 is 10.1 Å². The van der Waals surface area contributed by atoms with E-state index < -0.39 is 0 Å². The predicted molar refractivity (Wildman–Crippen MR) is 111 cm³/mol. The number of nitrogens with zero attached hydrogens (tertiary/aromatic N) is 1. The number of hydrogen-bond donors (Lipinski definition) is 1. The van der Waals surface area contributed by atoms with Crippen molar-refractivity contribution in [2.75, 3.05) is 12.4 Å². The molecule has 0 aliphatic rings. The minimum Gasteiger partial charge on any atom is -0.495 e. The number of amides is 1. The van der Waals surface area contributed by atoms with Crippen LogP contribution >= 0.6 is 23.1 Å². The van der Waals surface area contributed by atoms with Crippen LogP contribution in [0.4, 0.5) is 5.69 Å². The van der Waals surface area contributed by atoms with Crippen LogP contribution in [0, 0.1) is 6.92 Å². The van der Waals surface area contributed by atoms with Gasteiger partial charge in [0.05, 0.1) is 18.0 Å². The smallest absolute Gasteiger partial charge is 0.237 e. The molecule has 0 unspecified atom stereocenters. The number of hydrogen-bond acceptors (Lipinski definition) is 6. The summed E-state index contributed by atoms with van der Waals surface area (Å²) in [6.45, 7) is 3.81. The zero-order valence-electron chi connectivity index (χ0n) is 15.1. The lowest BCUT2D eigenvalue weighted by molar-refractivity contribution is -0.115. The molecule has 0 radical (unpaired) electrons. The quantitative estimate of drug-likeness (QED) is 0.451. The molecule has 2 aromatic carbocycles. The van der Waals surface area contributed by atoms with Gasteiger partial charge in [-0.1, -0.05) is 30.0 Å². The van der Waals surface area contributed by atoms with Crippen LogP contribution in [0.3, 0.4) is 0 Å². The third-order valence-electron chi connectivity index (χ3n) is 4.20. The van der Waals surface area contributed by atoms with Crippen molar-refractivity contribution in [3.05, 3.63) is 47.5 Å². The molecule has 7 heteroatoms. The SMILES string of the molecule is COc1cc2c(cc1NC(=O)[C@H](C)Sc1nc(C)cs1)oc1ccccc12. The fourth-order valence-electron chi connectivity index (χ4n) is 2.84. The van der Waals surface area contributed by atoms with Gasteiger partial charge in [-0.25, -0.2) is 4.98 Å². The number of methoxy groups -OCH3 is 1. The molecule has 138 valence electrons. The van der Waals surface area contributed by atoms with Crippen molar-refractivity contribution in [3.8, 4) is 5.75 Å². The summed E-state index contributed by atoms with van der Waals surface area (Å²) in [5.74, 6) is 0.492. The fourth-order valence-corrected chi connectivity index (χ4v) is 4.83. The number of aryl methyl sites for hydroxylation is 1. The molecule has 0 aliphatic heterocycles. The van der Waals surface area contributed by atoms with Crippen molar-refractivity contribution >= 4 is 56.6 Å². The number of thiazole rings is 1. The highest BCUT2D eigenvalue weighted by atomic mass is 32.2. The summed E-state index contributed by atoms with van der Waals surface area (Å²) in [6.07, 6.45) is 0. The van der Waals surface area contributed by atoms with E-state index >= 15 is 0 Å². The molecule has 4 aromatic rings. The lowest BCUT2D eigenvalue weighted by Crippen LogP contribution is -2.22. The number of rotatable bonds is 5. The first-order valence-electron chi connectivity index (χ1n) is 8.44. The maximum atomic E-state index is 12.7. The summed E-state index contributed by atoms with van der Waals surface area (Å²) in [6, 6.07) is 11.6. The Morgan fingerprint density at radius 1 is 1.26 bits per heavy atom. The molecule has 0 bridgehead atoms. The lowest BCUT2D eigenvalue weighted by Gasteiger charge is -2.13. The Balaban J connectivity index is 1.62. The number of thioether (sulfide) groups is 1. The van der Waals surface area contributed by atoms with Gasteiger partial charge in [-0.2, -0.15) is 0 Å². The molecule has 1 amide bonds. The molecule has 0 spiro atoms. The highest BCUT2D eigenvalue weighted by Gasteiger charge is 2.19. The van der Waals surface area contributed by atoms with Gasteiger partial charge in [-0.05, 0) is 26.0 Å². The van der Waals surface area contributed by atoms with Gasteiger partial charge in [0.25, 0.3) is 0 Å². The number of carbonyl (C=O) groups is 1. The van der Waals surface area contributed by atoms with E-state index in [9.17, 15) is 4.79 Å². The fraction of sp³-hybridized carbons (Fsp3) is 0.200. The number of benzene rings is 2. The number of ether oxygens (including phenoxy) is 1. The van der Waals surface area contributed by atoms with Gasteiger partial charge in [0, 0.05) is 27.9 Å². The number of anilines is 1. The number of fused-ring (bicyclic) bond motifs is 3. The minimum absolute atomic E-state index is 0.110. The molecule has 0 saturated heterocycles. The number of nitrogens with one attached hydrogen (secondary N) is 1. The van der Waals surface area contributed by atoms with Crippen molar-refractivity contribution in [1.82, 2.24) is 4.98 Å². The normalized spacial score (nSPS) is 12.4. The van der Waals surface area contributed by atoms with Crippen LogP contribution in [0.2, 0.25) is 0 Å². The first kappa shape index (κ1) is 17.9. The second-order valence-corrected chi connectivity index (χ2v) is 8.60. The second-order valence-electron chi connectivity index (χ2n) is 6.15. The molecule has 2 heterocycles. The molecule has 1 atom stereocenters. The highest BCUT2D eigenvalue weighted by Crippen LogP contribution is 2.37. The van der Waals surface area contributed by atoms with Crippen LogP contribution in [-0.2, 0) is 4.79 Å². The Bertz CT molecular complexity index is 1130. The van der Waals surface area contributed by atoms with Gasteiger partial charge in [-0.3, -0.25) is 4.79 Å². The zero-order valence-corrected chi connectivity index (χ0v) is 16.7. The standard InChI is InChI=1S/C20H18N2O3S2/c1-11-10-26-20(21-11)27-12(2)19(23)22-15-9-17-14(8-18(15)24-3)13-6-4-5-7-16(13)25-17/h4-10,12H,1-3H3,(H,22,23)/t12-/m0/s1. The maximum absolute atomic E-state index is 12.7. The number of para-hydroxylation sites is 1. The Morgan fingerprint density at radius 2 is 2.07 bits per heavy atom. The number of furan rings is 1. The zero-order chi connectivity index (χ0) is 19.0. The van der Waals surface area contributed by atoms with Gasteiger partial charge in [0.1, 0.15) is 16.9 Å². The molecular formula is C20H18N2O3S2. The van der Waals surface area contributed by atoms with Gasteiger partial charge in [0.15, 0.2) is 4.34 Å². The van der Waals surface area contributed by atoms with E-state index in [0.717, 1.165) is 26.4 Å². The molecular weight excluding hydrogens is 380 g/mol. The van der Waals surface area contributed by atoms with Gasteiger partial charge >= 0.3 is 0 Å². The summed E-state index contributed by atoms with van der Waals surface area (Å²) in [4.78, 5) is 17.1. The Kier molecular flexibility index (Phi) is 4.80. The third-order valence-corrected chi connectivity index (χ3v) is 6.39. The first-order chi connectivity index (χ1) is 13.0. The maximum Gasteiger partial charge on any atom is 0.237 e. The van der Waals surface area contributed by atoms with Crippen molar-refractivity contribution in [3.63, 3.8) is 0 Å². The summed E-state index contributed by atoms with van der Waals surface area (Å²) >= 11 is 2.99.